The van der Waals surface area contributed by atoms with Crippen LogP contribution in [0.2, 0.25) is 65.0 Å². The zero-order chi connectivity index (χ0) is 15.5. The molecule has 0 heterocycles. The predicted molar refractivity (Wildman–Crippen MR) is 93.8 cm³/mol. The highest BCUT2D eigenvalue weighted by Gasteiger charge is 2.49. The normalized spacial score (nSPS) is 14.8. The lowest BCUT2D eigenvalue weighted by Gasteiger charge is -2.42. The average Bonchev–Trinajstić information content (AvgIpc) is 1.90. The Morgan fingerprint density at radius 3 is 1.05 bits per heavy atom. The molecule has 0 saturated heterocycles. The molecule has 0 amide bonds. The molecule has 0 atom stereocenters. The van der Waals surface area contributed by atoms with E-state index in [9.17, 15) is 0 Å². The summed E-state index contributed by atoms with van der Waals surface area (Å²) in [4.78, 5) is 0. The molecule has 0 unspecified atom stereocenters. The topological polar surface area (TPSA) is 27.7 Å². The minimum Gasteiger partial charge on any atom is -0.417 e. The molecule has 19 heavy (non-hydrogen) atoms. The quantitative estimate of drug-likeness (QED) is 0.601. The Bertz CT molecular complexity index is 235. The van der Waals surface area contributed by atoms with E-state index in [4.69, 9.17) is 12.3 Å². The minimum atomic E-state index is -2.57. The lowest BCUT2D eigenvalue weighted by atomic mass is 10.6. The van der Waals surface area contributed by atoms with E-state index in [2.05, 4.69) is 72.3 Å². The van der Waals surface area contributed by atoms with Crippen molar-refractivity contribution in [2.45, 2.75) is 71.9 Å². The Labute approximate surface area is 124 Å². The molecule has 0 aromatic rings. The second kappa shape index (κ2) is 6.67. The molecule has 115 valence electrons. The molecule has 3 nitrogen and oxygen atoms in total. The molecule has 0 aliphatic heterocycles. The fourth-order valence-corrected chi connectivity index (χ4v) is 16.2. The minimum absolute atomic E-state index is 0.825. The van der Waals surface area contributed by atoms with Crippen LogP contribution >= 0.6 is 0 Å². The van der Waals surface area contributed by atoms with Crippen molar-refractivity contribution in [3.8, 4) is 0 Å². The fourth-order valence-electron chi connectivity index (χ4n) is 1.84. The first-order valence-corrected chi connectivity index (χ1v) is 19.2. The molecule has 0 spiro atoms. The molecule has 0 N–H and O–H groups in total. The maximum absolute atomic E-state index is 6.49. The summed E-state index contributed by atoms with van der Waals surface area (Å²) in [5, 5.41) is 0. The SMILES string of the molecule is C[CH]C[Si](O[Si](C)(C)C)(O[Si](C)(C)C)O[Si](C)(C)C. The Kier molecular flexibility index (Phi) is 6.94. The molecule has 0 fully saturated rings. The standard InChI is InChI=1S/C12H33O3Si4/c1-11-12-19(13-16(2,3)4,14-17(5,6)7)15-18(8,9)10/h11H,12H2,1-10H3. The second-order valence-electron chi connectivity index (χ2n) is 7.94. The summed E-state index contributed by atoms with van der Waals surface area (Å²) in [5.74, 6) is 0. The molecule has 1 radical (unpaired) electrons. The van der Waals surface area contributed by atoms with E-state index in [-0.39, 0.29) is 0 Å². The maximum atomic E-state index is 6.49. The van der Waals surface area contributed by atoms with Crippen molar-refractivity contribution in [2.75, 3.05) is 0 Å². The monoisotopic (exact) mass is 337 g/mol. The van der Waals surface area contributed by atoms with Gasteiger partial charge in [0.05, 0.1) is 0 Å². The highest BCUT2D eigenvalue weighted by Crippen LogP contribution is 2.29. The van der Waals surface area contributed by atoms with Gasteiger partial charge < -0.3 is 12.3 Å². The lowest BCUT2D eigenvalue weighted by molar-refractivity contribution is 0.255. The largest absolute Gasteiger partial charge is 0.469 e. The highest BCUT2D eigenvalue weighted by molar-refractivity contribution is 6.90. The van der Waals surface area contributed by atoms with Gasteiger partial charge in [-0.2, -0.15) is 0 Å². The van der Waals surface area contributed by atoms with Gasteiger partial charge in [-0.05, 0) is 65.3 Å². The van der Waals surface area contributed by atoms with Gasteiger partial charge in [0.15, 0.2) is 25.0 Å². The van der Waals surface area contributed by atoms with Crippen molar-refractivity contribution in [1.29, 1.82) is 0 Å². The van der Waals surface area contributed by atoms with Gasteiger partial charge in [0.1, 0.15) is 0 Å². The molecule has 0 saturated carbocycles. The van der Waals surface area contributed by atoms with Crippen LogP contribution in [-0.2, 0) is 12.3 Å². The highest BCUT2D eigenvalue weighted by atomic mass is 28.5. The Balaban J connectivity index is 5.34. The van der Waals surface area contributed by atoms with Crippen LogP contribution in [-0.4, -0.2) is 33.8 Å². The average molecular weight is 338 g/mol. The van der Waals surface area contributed by atoms with E-state index in [0.717, 1.165) is 6.04 Å². The Hall–Kier alpha value is 0.748. The Morgan fingerprint density at radius 2 is 0.895 bits per heavy atom. The first-order valence-electron chi connectivity index (χ1n) is 7.06. The zero-order valence-corrected chi connectivity index (χ0v) is 18.5. The summed E-state index contributed by atoms with van der Waals surface area (Å²) in [7, 11) is -7.65. The van der Waals surface area contributed by atoms with Gasteiger partial charge in [-0.25, -0.2) is 0 Å². The first kappa shape index (κ1) is 19.7. The molecule has 0 rings (SSSR count). The molecule has 0 aromatic heterocycles. The van der Waals surface area contributed by atoms with Crippen molar-refractivity contribution in [1.82, 2.24) is 0 Å². The summed E-state index contributed by atoms with van der Waals surface area (Å²) in [6, 6.07) is 0.825. The van der Waals surface area contributed by atoms with Crippen LogP contribution in [0.1, 0.15) is 6.92 Å². The van der Waals surface area contributed by atoms with E-state index < -0.39 is 33.8 Å². The first-order chi connectivity index (χ1) is 8.18. The van der Waals surface area contributed by atoms with E-state index in [1.807, 2.05) is 0 Å². The van der Waals surface area contributed by atoms with Crippen LogP contribution in [0.25, 0.3) is 0 Å². The fraction of sp³-hybridized carbons (Fsp3) is 0.917. The predicted octanol–water partition coefficient (Wildman–Crippen LogP) is 4.70. The van der Waals surface area contributed by atoms with Crippen LogP contribution in [0.15, 0.2) is 0 Å². The molecular formula is C12H33O3Si4. The third kappa shape index (κ3) is 10.2. The van der Waals surface area contributed by atoms with Gasteiger partial charge in [-0.3, -0.25) is 0 Å². The molecule has 0 aliphatic rings. The third-order valence-corrected chi connectivity index (χ3v) is 13.8. The summed E-state index contributed by atoms with van der Waals surface area (Å²) in [5.41, 5.74) is 0. The van der Waals surface area contributed by atoms with E-state index in [1.54, 1.807) is 0 Å². The summed E-state index contributed by atoms with van der Waals surface area (Å²) < 4.78 is 19.5. The molecule has 0 aromatic carbocycles. The van der Waals surface area contributed by atoms with Gasteiger partial charge in [0.2, 0.25) is 0 Å². The van der Waals surface area contributed by atoms with Crippen LogP contribution < -0.4 is 0 Å². The zero-order valence-electron chi connectivity index (χ0n) is 14.5. The Morgan fingerprint density at radius 1 is 0.632 bits per heavy atom. The molecular weight excluding hydrogens is 304 g/mol. The smallest absolute Gasteiger partial charge is 0.417 e. The van der Waals surface area contributed by atoms with Crippen molar-refractivity contribution in [2.24, 2.45) is 0 Å². The second-order valence-corrected chi connectivity index (χ2v) is 24.8. The van der Waals surface area contributed by atoms with Crippen LogP contribution in [0, 0.1) is 6.42 Å². The number of hydrogen-bond acceptors (Lipinski definition) is 3. The summed E-state index contributed by atoms with van der Waals surface area (Å²) >= 11 is 0. The summed E-state index contributed by atoms with van der Waals surface area (Å²) in [6.45, 7) is 22.0. The maximum Gasteiger partial charge on any atom is 0.469 e. The van der Waals surface area contributed by atoms with E-state index in [1.165, 1.54) is 0 Å². The van der Waals surface area contributed by atoms with Crippen molar-refractivity contribution in [3.05, 3.63) is 6.42 Å². The van der Waals surface area contributed by atoms with E-state index in [0.29, 0.717) is 0 Å². The molecule has 0 bridgehead atoms. The molecule has 7 heteroatoms. The number of hydrogen-bond donors (Lipinski definition) is 0. The van der Waals surface area contributed by atoms with Crippen LogP contribution in [0.3, 0.4) is 0 Å². The lowest BCUT2D eigenvalue weighted by Crippen LogP contribution is -2.60. The third-order valence-electron chi connectivity index (χ3n) is 1.84. The van der Waals surface area contributed by atoms with Crippen molar-refractivity contribution in [3.63, 3.8) is 0 Å². The van der Waals surface area contributed by atoms with Crippen LogP contribution in [0.5, 0.6) is 0 Å². The van der Waals surface area contributed by atoms with E-state index >= 15 is 0 Å². The summed E-state index contributed by atoms with van der Waals surface area (Å²) in [6.07, 6.45) is 2.15. The van der Waals surface area contributed by atoms with Gasteiger partial charge in [-0.15, -0.1) is 0 Å². The van der Waals surface area contributed by atoms with Crippen molar-refractivity contribution < 1.29 is 12.3 Å². The number of rotatable bonds is 8. The van der Waals surface area contributed by atoms with Gasteiger partial charge >= 0.3 is 8.80 Å². The van der Waals surface area contributed by atoms with Crippen molar-refractivity contribution >= 4 is 33.8 Å². The van der Waals surface area contributed by atoms with Gasteiger partial charge in [0, 0.05) is 6.04 Å². The van der Waals surface area contributed by atoms with Gasteiger partial charge in [0.25, 0.3) is 0 Å². The molecule has 0 aliphatic carbocycles. The van der Waals surface area contributed by atoms with Crippen LogP contribution in [0.4, 0.5) is 0 Å². The van der Waals surface area contributed by atoms with Gasteiger partial charge in [-0.1, -0.05) is 6.92 Å².